The molecular weight excluding hydrogens is 250 g/mol. The summed E-state index contributed by atoms with van der Waals surface area (Å²) >= 11 is 0. The minimum Gasteiger partial charge on any atom is -0.352 e. The second-order valence-electron chi connectivity index (χ2n) is 5.71. The number of carbonyl (C=O) groups is 1. The Morgan fingerprint density at radius 2 is 2.20 bits per heavy atom. The van der Waals surface area contributed by atoms with E-state index in [1.165, 1.54) is 5.56 Å². The second-order valence-corrected chi connectivity index (χ2v) is 5.71. The van der Waals surface area contributed by atoms with E-state index in [1.54, 1.807) is 0 Å². The molecule has 1 aliphatic heterocycles. The maximum absolute atomic E-state index is 12.2. The van der Waals surface area contributed by atoms with Gasteiger partial charge in [-0.25, -0.2) is 0 Å². The molecule has 2 rings (SSSR count). The fourth-order valence-corrected chi connectivity index (χ4v) is 2.67. The van der Waals surface area contributed by atoms with Crippen molar-refractivity contribution >= 4 is 5.91 Å². The van der Waals surface area contributed by atoms with E-state index >= 15 is 0 Å². The Morgan fingerprint density at radius 3 is 2.90 bits per heavy atom. The number of likely N-dealkylation sites (tertiary alicyclic amines) is 1. The molecule has 4 heteroatoms. The summed E-state index contributed by atoms with van der Waals surface area (Å²) in [6, 6.07) is 10.5. The maximum atomic E-state index is 12.2. The summed E-state index contributed by atoms with van der Waals surface area (Å²) in [4.78, 5) is 14.5. The van der Waals surface area contributed by atoms with Crippen LogP contribution in [0, 0.1) is 5.92 Å². The van der Waals surface area contributed by atoms with Crippen LogP contribution in [0.4, 0.5) is 0 Å². The van der Waals surface area contributed by atoms with Crippen LogP contribution in [0.15, 0.2) is 30.3 Å². The van der Waals surface area contributed by atoms with E-state index in [9.17, 15) is 4.79 Å². The summed E-state index contributed by atoms with van der Waals surface area (Å²) in [6.07, 6.45) is 2.07. The SMILES string of the molecule is C[C@@H](CN)NC(=O)C1CCCN(Cc2ccccc2)C1. The molecule has 0 aromatic heterocycles. The maximum Gasteiger partial charge on any atom is 0.224 e. The molecule has 110 valence electrons. The van der Waals surface area contributed by atoms with Crippen molar-refractivity contribution in [3.63, 3.8) is 0 Å². The Hall–Kier alpha value is -1.39. The minimum atomic E-state index is 0.0620. The molecule has 2 atom stereocenters. The highest BCUT2D eigenvalue weighted by atomic mass is 16.2. The first kappa shape index (κ1) is 15.0. The normalized spacial score (nSPS) is 21.4. The molecule has 1 amide bonds. The number of carbonyl (C=O) groups excluding carboxylic acids is 1. The molecule has 4 nitrogen and oxygen atoms in total. The van der Waals surface area contributed by atoms with Crippen LogP contribution in [-0.4, -0.2) is 36.5 Å². The average molecular weight is 275 g/mol. The van der Waals surface area contributed by atoms with Gasteiger partial charge in [0.05, 0.1) is 5.92 Å². The fraction of sp³-hybridized carbons (Fsp3) is 0.562. The smallest absolute Gasteiger partial charge is 0.224 e. The molecule has 1 heterocycles. The van der Waals surface area contributed by atoms with Crippen molar-refractivity contribution in [3.8, 4) is 0 Å². The van der Waals surface area contributed by atoms with Gasteiger partial charge in [-0.15, -0.1) is 0 Å². The Balaban J connectivity index is 1.87. The van der Waals surface area contributed by atoms with Crippen molar-refractivity contribution in [3.05, 3.63) is 35.9 Å². The molecule has 0 bridgehead atoms. The number of hydrogen-bond donors (Lipinski definition) is 2. The van der Waals surface area contributed by atoms with E-state index in [0.29, 0.717) is 6.54 Å². The number of amides is 1. The van der Waals surface area contributed by atoms with Crippen molar-refractivity contribution in [1.29, 1.82) is 0 Å². The van der Waals surface area contributed by atoms with Crippen LogP contribution in [0.2, 0.25) is 0 Å². The number of nitrogens with two attached hydrogens (primary N) is 1. The lowest BCUT2D eigenvalue weighted by molar-refractivity contribution is -0.127. The zero-order valence-corrected chi connectivity index (χ0v) is 12.2. The molecule has 20 heavy (non-hydrogen) atoms. The lowest BCUT2D eigenvalue weighted by Gasteiger charge is -2.32. The van der Waals surface area contributed by atoms with Crippen molar-refractivity contribution in [2.75, 3.05) is 19.6 Å². The highest BCUT2D eigenvalue weighted by molar-refractivity contribution is 5.79. The van der Waals surface area contributed by atoms with Crippen LogP contribution in [0.3, 0.4) is 0 Å². The quantitative estimate of drug-likeness (QED) is 0.853. The van der Waals surface area contributed by atoms with Crippen LogP contribution in [0.1, 0.15) is 25.3 Å². The number of benzene rings is 1. The second kappa shape index (κ2) is 7.41. The van der Waals surface area contributed by atoms with Gasteiger partial charge in [0.1, 0.15) is 0 Å². The molecule has 0 saturated carbocycles. The van der Waals surface area contributed by atoms with Gasteiger partial charge in [0, 0.05) is 25.7 Å². The molecule has 1 aromatic rings. The first-order valence-electron chi connectivity index (χ1n) is 7.45. The number of piperidine rings is 1. The molecule has 1 fully saturated rings. The molecule has 1 unspecified atom stereocenters. The molecule has 0 aliphatic carbocycles. The standard InChI is InChI=1S/C16H25N3O/c1-13(10-17)18-16(20)15-8-5-9-19(12-15)11-14-6-3-2-4-7-14/h2-4,6-7,13,15H,5,8-12,17H2,1H3,(H,18,20)/t13-,15?/m0/s1. The number of rotatable bonds is 5. The molecular formula is C16H25N3O. The number of nitrogens with one attached hydrogen (secondary N) is 1. The minimum absolute atomic E-state index is 0.0620. The van der Waals surface area contributed by atoms with Crippen LogP contribution in [0.25, 0.3) is 0 Å². The summed E-state index contributed by atoms with van der Waals surface area (Å²) in [5, 5.41) is 2.99. The summed E-state index contributed by atoms with van der Waals surface area (Å²) in [5.74, 6) is 0.252. The molecule has 1 saturated heterocycles. The lowest BCUT2D eigenvalue weighted by Crippen LogP contribution is -2.46. The molecule has 3 N–H and O–H groups in total. The Kier molecular flexibility index (Phi) is 5.56. The van der Waals surface area contributed by atoms with Crippen LogP contribution < -0.4 is 11.1 Å². The van der Waals surface area contributed by atoms with Crippen molar-refractivity contribution in [2.24, 2.45) is 11.7 Å². The van der Waals surface area contributed by atoms with Gasteiger partial charge >= 0.3 is 0 Å². The summed E-state index contributed by atoms with van der Waals surface area (Å²) in [6.45, 7) is 5.29. The molecule has 0 spiro atoms. The summed E-state index contributed by atoms with van der Waals surface area (Å²) in [5.41, 5.74) is 6.86. The lowest BCUT2D eigenvalue weighted by atomic mass is 9.96. The Bertz CT molecular complexity index is 421. The van der Waals surface area contributed by atoms with Crippen molar-refractivity contribution in [2.45, 2.75) is 32.4 Å². The zero-order chi connectivity index (χ0) is 14.4. The highest BCUT2D eigenvalue weighted by Crippen LogP contribution is 2.18. The zero-order valence-electron chi connectivity index (χ0n) is 12.2. The Morgan fingerprint density at radius 1 is 1.45 bits per heavy atom. The highest BCUT2D eigenvalue weighted by Gasteiger charge is 2.26. The van der Waals surface area contributed by atoms with Gasteiger partial charge in [-0.2, -0.15) is 0 Å². The molecule has 1 aromatic carbocycles. The number of nitrogens with zero attached hydrogens (tertiary/aromatic N) is 1. The van der Waals surface area contributed by atoms with E-state index < -0.39 is 0 Å². The first-order chi connectivity index (χ1) is 9.69. The van der Waals surface area contributed by atoms with Crippen molar-refractivity contribution < 1.29 is 4.79 Å². The van der Waals surface area contributed by atoms with Crippen LogP contribution in [-0.2, 0) is 11.3 Å². The van der Waals surface area contributed by atoms with Gasteiger partial charge < -0.3 is 11.1 Å². The van der Waals surface area contributed by atoms with Crippen LogP contribution in [0.5, 0.6) is 0 Å². The van der Waals surface area contributed by atoms with Gasteiger partial charge in [0.25, 0.3) is 0 Å². The van der Waals surface area contributed by atoms with Crippen molar-refractivity contribution in [1.82, 2.24) is 10.2 Å². The largest absolute Gasteiger partial charge is 0.352 e. The molecule has 1 aliphatic rings. The van der Waals surface area contributed by atoms with Gasteiger partial charge in [-0.3, -0.25) is 9.69 Å². The van der Waals surface area contributed by atoms with Crippen LogP contribution >= 0.6 is 0 Å². The van der Waals surface area contributed by atoms with Gasteiger partial charge in [-0.05, 0) is 31.9 Å². The van der Waals surface area contributed by atoms with E-state index in [1.807, 2.05) is 13.0 Å². The van der Waals surface area contributed by atoms with Gasteiger partial charge in [0.15, 0.2) is 0 Å². The monoisotopic (exact) mass is 275 g/mol. The van der Waals surface area contributed by atoms with E-state index in [0.717, 1.165) is 32.5 Å². The first-order valence-corrected chi connectivity index (χ1v) is 7.45. The summed E-state index contributed by atoms with van der Waals surface area (Å²) in [7, 11) is 0. The predicted molar refractivity (Wildman–Crippen MR) is 81.1 cm³/mol. The van der Waals surface area contributed by atoms with E-state index in [4.69, 9.17) is 5.73 Å². The number of hydrogen-bond acceptors (Lipinski definition) is 3. The van der Waals surface area contributed by atoms with E-state index in [2.05, 4.69) is 34.5 Å². The van der Waals surface area contributed by atoms with Gasteiger partial charge in [-0.1, -0.05) is 30.3 Å². The molecule has 0 radical (unpaired) electrons. The van der Waals surface area contributed by atoms with E-state index in [-0.39, 0.29) is 17.9 Å². The van der Waals surface area contributed by atoms with Gasteiger partial charge in [0.2, 0.25) is 5.91 Å². The third-order valence-electron chi connectivity index (χ3n) is 3.87. The topological polar surface area (TPSA) is 58.4 Å². The summed E-state index contributed by atoms with van der Waals surface area (Å²) < 4.78 is 0. The third-order valence-corrected chi connectivity index (χ3v) is 3.87. The fourth-order valence-electron chi connectivity index (χ4n) is 2.67. The predicted octanol–water partition coefficient (Wildman–Crippen LogP) is 1.36. The Labute approximate surface area is 121 Å². The average Bonchev–Trinajstić information content (AvgIpc) is 2.48. The third kappa shape index (κ3) is 4.32.